The highest BCUT2D eigenvalue weighted by molar-refractivity contribution is 7.13. The second-order valence-electron chi connectivity index (χ2n) is 9.51. The van der Waals surface area contributed by atoms with Gasteiger partial charge in [0.25, 0.3) is 5.91 Å². The Balaban J connectivity index is 1.51. The molecule has 12 heteroatoms. The fourth-order valence-corrected chi connectivity index (χ4v) is 5.72. The van der Waals surface area contributed by atoms with Gasteiger partial charge in [0, 0.05) is 45.8 Å². The first-order valence-electron chi connectivity index (χ1n) is 12.6. The number of anilines is 2. The molecule has 2 aliphatic rings. The third kappa shape index (κ3) is 6.85. The maximum Gasteiger partial charge on any atom is 0.404 e. The number of hydrogen-bond acceptors (Lipinski definition) is 8. The molecule has 0 saturated carbocycles. The van der Waals surface area contributed by atoms with Crippen molar-refractivity contribution >= 4 is 33.8 Å². The number of amides is 1. The van der Waals surface area contributed by atoms with Crippen LogP contribution in [0.1, 0.15) is 40.9 Å². The molecule has 1 aromatic heterocycles. The highest BCUT2D eigenvalue weighted by Crippen LogP contribution is 2.34. The fourth-order valence-electron chi connectivity index (χ4n) is 4.84. The minimum Gasteiger partial charge on any atom is -0.383 e. The third-order valence-electron chi connectivity index (χ3n) is 6.88. The van der Waals surface area contributed by atoms with Gasteiger partial charge >= 0.3 is 6.18 Å². The second kappa shape index (κ2) is 12.5. The summed E-state index contributed by atoms with van der Waals surface area (Å²) in [4.78, 5) is 21.4. The highest BCUT2D eigenvalue weighted by atomic mass is 32.1. The molecule has 3 heterocycles. The van der Waals surface area contributed by atoms with Gasteiger partial charge in [-0.1, -0.05) is 12.6 Å². The van der Waals surface area contributed by atoms with E-state index in [2.05, 4.69) is 22.1 Å². The molecule has 2 saturated heterocycles. The molecule has 8 nitrogen and oxygen atoms in total. The number of aromatic nitrogens is 1. The van der Waals surface area contributed by atoms with E-state index in [4.69, 9.17) is 14.5 Å². The summed E-state index contributed by atoms with van der Waals surface area (Å²) in [5.41, 5.74) is 2.63. The van der Waals surface area contributed by atoms with Crippen LogP contribution >= 0.6 is 11.3 Å². The number of thiazole rings is 1. The summed E-state index contributed by atoms with van der Waals surface area (Å²) in [6.45, 7) is 6.87. The van der Waals surface area contributed by atoms with Crippen LogP contribution in [0.25, 0.3) is 5.70 Å². The van der Waals surface area contributed by atoms with Crippen LogP contribution < -0.4 is 15.5 Å². The molecule has 0 radical (unpaired) electrons. The largest absolute Gasteiger partial charge is 0.404 e. The van der Waals surface area contributed by atoms with Gasteiger partial charge in [0.1, 0.15) is 6.04 Å². The van der Waals surface area contributed by atoms with Crippen molar-refractivity contribution in [1.29, 1.82) is 0 Å². The predicted octanol–water partition coefficient (Wildman–Crippen LogP) is 4.35. The summed E-state index contributed by atoms with van der Waals surface area (Å²) in [5.74, 6) is -0.352. The Morgan fingerprint density at radius 3 is 2.79 bits per heavy atom. The molecule has 38 heavy (non-hydrogen) atoms. The van der Waals surface area contributed by atoms with Crippen molar-refractivity contribution in [2.45, 2.75) is 44.1 Å². The number of benzene rings is 1. The van der Waals surface area contributed by atoms with Crippen molar-refractivity contribution in [3.63, 3.8) is 0 Å². The molecule has 0 bridgehead atoms. The summed E-state index contributed by atoms with van der Waals surface area (Å²) in [6.07, 6.45) is -2.56. The molecular formula is C26H34F3N5O3S. The Hall–Kier alpha value is -2.67. The smallest absolute Gasteiger partial charge is 0.383 e. The predicted molar refractivity (Wildman–Crippen MR) is 143 cm³/mol. The molecule has 1 aromatic carbocycles. The summed E-state index contributed by atoms with van der Waals surface area (Å²) >= 11 is 1.51. The van der Waals surface area contributed by atoms with Crippen LogP contribution in [-0.2, 0) is 16.0 Å². The summed E-state index contributed by atoms with van der Waals surface area (Å²) in [5, 5.41) is 8.78. The summed E-state index contributed by atoms with van der Waals surface area (Å²) < 4.78 is 50.8. The van der Waals surface area contributed by atoms with Crippen LogP contribution in [0.2, 0.25) is 0 Å². The van der Waals surface area contributed by atoms with E-state index >= 15 is 0 Å². The minimum atomic E-state index is -4.28. The van der Waals surface area contributed by atoms with Gasteiger partial charge < -0.3 is 25.0 Å². The van der Waals surface area contributed by atoms with Gasteiger partial charge in [-0.05, 0) is 43.5 Å². The number of halogens is 3. The summed E-state index contributed by atoms with van der Waals surface area (Å²) in [6, 6.07) is 3.63. The number of carbonyl (C=O) groups is 1. The van der Waals surface area contributed by atoms with Crippen LogP contribution in [0.5, 0.6) is 0 Å². The monoisotopic (exact) mass is 553 g/mol. The number of hydrogen-bond donors (Lipinski definition) is 2. The Bertz CT molecular complexity index is 1130. The molecule has 4 rings (SSSR count). The molecule has 2 aromatic rings. The first-order chi connectivity index (χ1) is 18.2. The number of likely N-dealkylation sites (tertiary alicyclic amines) is 1. The van der Waals surface area contributed by atoms with E-state index in [1.54, 1.807) is 25.3 Å². The van der Waals surface area contributed by atoms with E-state index in [0.29, 0.717) is 54.3 Å². The van der Waals surface area contributed by atoms with E-state index in [1.165, 1.54) is 23.3 Å². The van der Waals surface area contributed by atoms with Gasteiger partial charge in [0.15, 0.2) is 5.13 Å². The number of methoxy groups -OCH3 is 2. The third-order valence-corrected chi connectivity index (χ3v) is 7.78. The van der Waals surface area contributed by atoms with Gasteiger partial charge in [0.2, 0.25) is 0 Å². The number of carbonyl (C=O) groups excluding carboxylic acids is 1. The fraction of sp³-hybridized carbons (Fsp3) is 0.538. The van der Waals surface area contributed by atoms with Crippen molar-refractivity contribution in [3.05, 3.63) is 47.0 Å². The average molecular weight is 554 g/mol. The van der Waals surface area contributed by atoms with E-state index in [1.807, 2.05) is 5.38 Å². The van der Waals surface area contributed by atoms with Crippen molar-refractivity contribution in [2.75, 3.05) is 57.2 Å². The van der Waals surface area contributed by atoms with Crippen molar-refractivity contribution in [3.8, 4) is 0 Å². The van der Waals surface area contributed by atoms with Gasteiger partial charge in [-0.15, -0.1) is 11.3 Å². The quantitative estimate of drug-likeness (QED) is 0.401. The van der Waals surface area contributed by atoms with E-state index in [9.17, 15) is 18.0 Å². The Kier molecular flexibility index (Phi) is 9.29. The zero-order valence-electron chi connectivity index (χ0n) is 21.6. The number of rotatable bonds is 11. The number of nitrogens with one attached hydrogen (secondary N) is 2. The molecule has 0 aliphatic carbocycles. The van der Waals surface area contributed by atoms with E-state index < -0.39 is 12.2 Å². The van der Waals surface area contributed by atoms with E-state index in [-0.39, 0.29) is 25.0 Å². The maximum absolute atomic E-state index is 13.4. The molecule has 2 fully saturated rings. The lowest BCUT2D eigenvalue weighted by Gasteiger charge is -2.26. The molecule has 1 amide bonds. The topological polar surface area (TPSA) is 79.0 Å². The number of alkyl halides is 3. The lowest BCUT2D eigenvalue weighted by atomic mass is 10.1. The molecular weight excluding hydrogens is 519 g/mol. The van der Waals surface area contributed by atoms with Crippen LogP contribution in [0, 0.1) is 0 Å². The van der Waals surface area contributed by atoms with Crippen LogP contribution in [0.4, 0.5) is 24.0 Å². The number of nitrogens with zero attached hydrogens (tertiary/aromatic N) is 3. The molecule has 2 aliphatic heterocycles. The van der Waals surface area contributed by atoms with Crippen LogP contribution in [0.15, 0.2) is 30.2 Å². The van der Waals surface area contributed by atoms with Crippen molar-refractivity contribution < 1.29 is 27.4 Å². The van der Waals surface area contributed by atoms with Gasteiger partial charge in [-0.2, -0.15) is 13.2 Å². The lowest BCUT2D eigenvalue weighted by molar-refractivity contribution is -0.177. The standard InChI is InChI=1S/C26H34F3N5O3S/c1-17(22-16-38-25(32-22)34-11-8-19(15-34)37-3)31-21-7-6-18(13-20(21)24(35)30-9-12-36-2)14-33-10-4-5-23(33)26(27,28)29/h6-7,13,16,19,23,31H,1,4-5,8-12,14-15H2,2-3H3,(H,30,35)/t19-,23-/m0/s1. The Morgan fingerprint density at radius 2 is 2.08 bits per heavy atom. The van der Waals surface area contributed by atoms with Gasteiger partial charge in [-0.25, -0.2) is 4.98 Å². The minimum absolute atomic E-state index is 0.0898. The van der Waals surface area contributed by atoms with Crippen molar-refractivity contribution in [1.82, 2.24) is 15.2 Å². The second-order valence-corrected chi connectivity index (χ2v) is 10.3. The molecule has 0 spiro atoms. The maximum atomic E-state index is 13.4. The SMILES string of the molecule is C=C(Nc1ccc(CN2CCC[C@H]2C(F)(F)F)cc1C(=O)NCCOC)c1csc(N2CC[C@H](OC)C2)n1. The Labute approximate surface area is 224 Å². The normalized spacial score (nSPS) is 20.2. The zero-order chi connectivity index (χ0) is 27.3. The van der Waals surface area contributed by atoms with E-state index in [0.717, 1.165) is 24.6 Å². The van der Waals surface area contributed by atoms with Crippen LogP contribution in [-0.4, -0.2) is 81.1 Å². The van der Waals surface area contributed by atoms with Crippen molar-refractivity contribution in [2.24, 2.45) is 0 Å². The molecule has 0 unspecified atom stereocenters. The first kappa shape index (κ1) is 28.3. The Morgan fingerprint density at radius 1 is 1.26 bits per heavy atom. The molecule has 2 atom stereocenters. The average Bonchev–Trinajstić information content (AvgIpc) is 3.65. The summed E-state index contributed by atoms with van der Waals surface area (Å²) in [7, 11) is 3.25. The number of ether oxygens (including phenoxy) is 2. The molecule has 208 valence electrons. The zero-order valence-corrected chi connectivity index (χ0v) is 22.5. The van der Waals surface area contributed by atoms with Gasteiger partial charge in [0.05, 0.1) is 35.4 Å². The molecule has 2 N–H and O–H groups in total. The van der Waals surface area contributed by atoms with Gasteiger partial charge in [-0.3, -0.25) is 9.69 Å². The lowest BCUT2D eigenvalue weighted by Crippen LogP contribution is -2.40. The highest BCUT2D eigenvalue weighted by Gasteiger charge is 2.45. The van der Waals surface area contributed by atoms with Crippen LogP contribution in [0.3, 0.4) is 0 Å². The first-order valence-corrected chi connectivity index (χ1v) is 13.5.